The molecule has 3 heterocycles. The van der Waals surface area contributed by atoms with Gasteiger partial charge in [-0.2, -0.15) is 18.2 Å². The molecule has 1 atom stereocenters. The molecular weight excluding hydrogens is 287 g/mol. The van der Waals surface area contributed by atoms with Crippen molar-refractivity contribution in [1.82, 2.24) is 20.1 Å². The molecule has 0 saturated carbocycles. The van der Waals surface area contributed by atoms with Crippen LogP contribution in [0.5, 0.6) is 0 Å². The van der Waals surface area contributed by atoms with Crippen molar-refractivity contribution in [2.24, 2.45) is 0 Å². The van der Waals surface area contributed by atoms with Gasteiger partial charge in [-0.1, -0.05) is 5.16 Å². The molecule has 0 spiro atoms. The largest absolute Gasteiger partial charge is 0.471 e. The number of nitrogens with zero attached hydrogens (tertiary/aromatic N) is 5. The molecule has 2 aromatic heterocycles. The molecule has 0 aromatic carbocycles. The van der Waals surface area contributed by atoms with Crippen LogP contribution in [-0.4, -0.2) is 33.2 Å². The first-order valence-corrected chi connectivity index (χ1v) is 6.46. The van der Waals surface area contributed by atoms with Crippen molar-refractivity contribution in [2.75, 3.05) is 18.0 Å². The highest BCUT2D eigenvalue weighted by molar-refractivity contribution is 5.36. The highest BCUT2D eigenvalue weighted by Gasteiger charge is 2.39. The fourth-order valence-corrected chi connectivity index (χ4v) is 2.37. The predicted octanol–water partition coefficient (Wildman–Crippen LogP) is 2.26. The summed E-state index contributed by atoms with van der Waals surface area (Å²) < 4.78 is 41.7. The number of anilines is 1. The summed E-state index contributed by atoms with van der Waals surface area (Å²) in [4.78, 5) is 13.6. The smallest absolute Gasteiger partial charge is 0.355 e. The summed E-state index contributed by atoms with van der Waals surface area (Å²) in [6, 6.07) is 0. The number of piperidine rings is 1. The van der Waals surface area contributed by atoms with Gasteiger partial charge in [-0.3, -0.25) is 4.98 Å². The number of aromatic nitrogens is 4. The maximum absolute atomic E-state index is 12.5. The third-order valence-electron chi connectivity index (χ3n) is 3.34. The van der Waals surface area contributed by atoms with E-state index < -0.39 is 12.1 Å². The Hall–Kier alpha value is -2.19. The van der Waals surface area contributed by atoms with Crippen LogP contribution >= 0.6 is 0 Å². The van der Waals surface area contributed by atoms with E-state index in [0.717, 1.165) is 13.0 Å². The van der Waals surface area contributed by atoms with Gasteiger partial charge in [0.15, 0.2) is 5.82 Å². The molecule has 0 amide bonds. The lowest BCUT2D eigenvalue weighted by molar-refractivity contribution is -0.159. The zero-order valence-electron chi connectivity index (χ0n) is 10.9. The number of halogens is 3. The van der Waals surface area contributed by atoms with Gasteiger partial charge in [0.2, 0.25) is 0 Å². The molecule has 3 rings (SSSR count). The first-order valence-electron chi connectivity index (χ1n) is 6.46. The van der Waals surface area contributed by atoms with Gasteiger partial charge >= 0.3 is 12.1 Å². The lowest BCUT2D eigenvalue weighted by Gasteiger charge is -2.31. The quantitative estimate of drug-likeness (QED) is 0.847. The average molecular weight is 299 g/mol. The van der Waals surface area contributed by atoms with Gasteiger partial charge in [-0.05, 0) is 12.8 Å². The van der Waals surface area contributed by atoms with E-state index in [1.807, 2.05) is 4.90 Å². The zero-order valence-corrected chi connectivity index (χ0v) is 10.9. The standard InChI is InChI=1S/C12H12F3N5O/c13-12(14,15)11-18-10(19-21-11)8-2-1-5-20(7-8)9-6-16-3-4-17-9/h3-4,6,8H,1-2,5,7H2/t8-/m1/s1. The average Bonchev–Trinajstić information content (AvgIpc) is 2.98. The van der Waals surface area contributed by atoms with E-state index in [4.69, 9.17) is 0 Å². The second-order valence-electron chi connectivity index (χ2n) is 4.80. The first-order chi connectivity index (χ1) is 10.0. The van der Waals surface area contributed by atoms with Gasteiger partial charge in [0.1, 0.15) is 5.82 Å². The molecule has 1 saturated heterocycles. The van der Waals surface area contributed by atoms with Crippen LogP contribution in [0.1, 0.15) is 30.5 Å². The zero-order chi connectivity index (χ0) is 14.9. The molecule has 0 bridgehead atoms. The SMILES string of the molecule is FC(F)(F)c1nc([C@@H]2CCCN(c3cnccn3)C2)no1. The van der Waals surface area contributed by atoms with E-state index in [-0.39, 0.29) is 11.7 Å². The van der Waals surface area contributed by atoms with Crippen LogP contribution in [0.4, 0.5) is 19.0 Å². The van der Waals surface area contributed by atoms with E-state index in [2.05, 4.69) is 24.6 Å². The van der Waals surface area contributed by atoms with Gasteiger partial charge < -0.3 is 9.42 Å². The third-order valence-corrected chi connectivity index (χ3v) is 3.34. The minimum Gasteiger partial charge on any atom is -0.355 e. The molecule has 0 unspecified atom stereocenters. The van der Waals surface area contributed by atoms with Crippen LogP contribution in [0.3, 0.4) is 0 Å². The van der Waals surface area contributed by atoms with Crippen molar-refractivity contribution < 1.29 is 17.7 Å². The summed E-state index contributed by atoms with van der Waals surface area (Å²) in [7, 11) is 0. The molecule has 112 valence electrons. The highest BCUT2D eigenvalue weighted by Crippen LogP contribution is 2.31. The number of rotatable bonds is 2. The minimum absolute atomic E-state index is 0.0934. The van der Waals surface area contributed by atoms with Crippen LogP contribution < -0.4 is 4.90 Å². The lowest BCUT2D eigenvalue weighted by atomic mass is 9.97. The number of hydrogen-bond acceptors (Lipinski definition) is 6. The molecule has 1 fully saturated rings. The molecule has 0 aliphatic carbocycles. The molecule has 6 nitrogen and oxygen atoms in total. The molecule has 2 aromatic rings. The van der Waals surface area contributed by atoms with E-state index >= 15 is 0 Å². The maximum Gasteiger partial charge on any atom is 0.471 e. The van der Waals surface area contributed by atoms with Gasteiger partial charge in [-0.15, -0.1) is 0 Å². The Morgan fingerprint density at radius 2 is 2.14 bits per heavy atom. The lowest BCUT2D eigenvalue weighted by Crippen LogP contribution is -2.35. The molecule has 9 heteroatoms. The fourth-order valence-electron chi connectivity index (χ4n) is 2.37. The van der Waals surface area contributed by atoms with E-state index in [9.17, 15) is 13.2 Å². The Morgan fingerprint density at radius 1 is 1.29 bits per heavy atom. The van der Waals surface area contributed by atoms with Crippen LogP contribution in [-0.2, 0) is 6.18 Å². The summed E-state index contributed by atoms with van der Waals surface area (Å²) in [5.41, 5.74) is 0. The van der Waals surface area contributed by atoms with Crippen molar-refractivity contribution in [1.29, 1.82) is 0 Å². The second-order valence-corrected chi connectivity index (χ2v) is 4.80. The number of alkyl halides is 3. The normalized spacial score (nSPS) is 19.8. The van der Waals surface area contributed by atoms with Gasteiger partial charge in [0.25, 0.3) is 0 Å². The summed E-state index contributed by atoms with van der Waals surface area (Å²) in [5, 5.41) is 3.47. The Labute approximate surface area is 118 Å². The summed E-state index contributed by atoms with van der Waals surface area (Å²) in [5.74, 6) is -0.715. The highest BCUT2D eigenvalue weighted by atomic mass is 19.4. The minimum atomic E-state index is -4.61. The topological polar surface area (TPSA) is 67.9 Å². The molecular formula is C12H12F3N5O. The van der Waals surface area contributed by atoms with Crippen molar-refractivity contribution in [3.8, 4) is 0 Å². The van der Waals surface area contributed by atoms with E-state index in [1.165, 1.54) is 0 Å². The van der Waals surface area contributed by atoms with Crippen LogP contribution in [0, 0.1) is 0 Å². The molecule has 1 aliphatic rings. The fraction of sp³-hybridized carbons (Fsp3) is 0.500. The van der Waals surface area contributed by atoms with E-state index in [1.54, 1.807) is 18.6 Å². The maximum atomic E-state index is 12.5. The van der Waals surface area contributed by atoms with Crippen molar-refractivity contribution in [3.63, 3.8) is 0 Å². The molecule has 0 N–H and O–H groups in total. The van der Waals surface area contributed by atoms with Crippen LogP contribution in [0.25, 0.3) is 0 Å². The second kappa shape index (κ2) is 5.30. The molecule has 0 radical (unpaired) electrons. The Bertz CT molecular complexity index is 600. The Balaban J connectivity index is 1.76. The third kappa shape index (κ3) is 2.96. The van der Waals surface area contributed by atoms with Crippen molar-refractivity contribution in [2.45, 2.75) is 24.9 Å². The van der Waals surface area contributed by atoms with Crippen molar-refractivity contribution in [3.05, 3.63) is 30.3 Å². The number of hydrogen-bond donors (Lipinski definition) is 0. The summed E-state index contributed by atoms with van der Waals surface area (Å²) >= 11 is 0. The van der Waals surface area contributed by atoms with E-state index in [0.29, 0.717) is 18.8 Å². The van der Waals surface area contributed by atoms with Gasteiger partial charge in [0, 0.05) is 31.4 Å². The predicted molar refractivity (Wildman–Crippen MR) is 65.5 cm³/mol. The summed E-state index contributed by atoms with van der Waals surface area (Å²) in [6.07, 6.45) is 1.70. The van der Waals surface area contributed by atoms with Gasteiger partial charge in [-0.25, -0.2) is 4.98 Å². The van der Waals surface area contributed by atoms with Crippen LogP contribution in [0.15, 0.2) is 23.1 Å². The molecule has 1 aliphatic heterocycles. The van der Waals surface area contributed by atoms with Crippen LogP contribution in [0.2, 0.25) is 0 Å². The van der Waals surface area contributed by atoms with Gasteiger partial charge in [0.05, 0.1) is 6.20 Å². The molecule has 21 heavy (non-hydrogen) atoms. The summed E-state index contributed by atoms with van der Waals surface area (Å²) in [6.45, 7) is 1.27. The monoisotopic (exact) mass is 299 g/mol. The van der Waals surface area contributed by atoms with Crippen molar-refractivity contribution >= 4 is 5.82 Å². The Kier molecular flexibility index (Phi) is 3.48. The first kappa shape index (κ1) is 13.8. The Morgan fingerprint density at radius 3 is 2.81 bits per heavy atom.